The number of methoxy groups -OCH3 is 1. The summed E-state index contributed by atoms with van der Waals surface area (Å²) in [5.74, 6) is 0.209. The summed E-state index contributed by atoms with van der Waals surface area (Å²) in [7, 11) is 1.47. The van der Waals surface area contributed by atoms with Crippen molar-refractivity contribution in [3.8, 4) is 5.75 Å². The first kappa shape index (κ1) is 13.6. The number of nitrogens with two attached hydrogens (primary N) is 1. The van der Waals surface area contributed by atoms with Crippen LogP contribution in [0.4, 0.5) is 4.39 Å². The van der Waals surface area contributed by atoms with Crippen molar-refractivity contribution in [1.29, 1.82) is 0 Å². The van der Waals surface area contributed by atoms with Gasteiger partial charge in [0, 0.05) is 16.8 Å². The monoisotopic (exact) mass is 291 g/mol. The average molecular weight is 291 g/mol. The predicted molar refractivity (Wildman–Crippen MR) is 79.9 cm³/mol. The molecule has 1 aliphatic carbocycles. The van der Waals surface area contributed by atoms with Gasteiger partial charge in [0.05, 0.1) is 7.11 Å². The van der Waals surface area contributed by atoms with E-state index in [2.05, 4.69) is 11.4 Å². The second-order valence-electron chi connectivity index (χ2n) is 5.22. The first-order valence-corrected chi connectivity index (χ1v) is 7.74. The Morgan fingerprint density at radius 1 is 1.40 bits per heavy atom. The molecule has 2 nitrogen and oxygen atoms in total. The fourth-order valence-electron chi connectivity index (χ4n) is 3.02. The Balaban J connectivity index is 1.90. The van der Waals surface area contributed by atoms with Gasteiger partial charge >= 0.3 is 0 Å². The number of thiophene rings is 1. The van der Waals surface area contributed by atoms with E-state index in [9.17, 15) is 4.39 Å². The van der Waals surface area contributed by atoms with Gasteiger partial charge in [-0.1, -0.05) is 6.07 Å². The van der Waals surface area contributed by atoms with Gasteiger partial charge in [0.15, 0.2) is 11.6 Å². The molecule has 1 aromatic carbocycles. The zero-order chi connectivity index (χ0) is 14.1. The highest BCUT2D eigenvalue weighted by Crippen LogP contribution is 2.41. The third-order valence-corrected chi connectivity index (χ3v) is 5.09. The predicted octanol–water partition coefficient (Wildman–Crippen LogP) is 4.02. The number of hydrogen-bond donors (Lipinski definition) is 1. The summed E-state index contributed by atoms with van der Waals surface area (Å²) in [6.07, 6.45) is 3.37. The molecule has 1 aliphatic rings. The maximum absolute atomic E-state index is 13.8. The smallest absolute Gasteiger partial charge is 0.165 e. The van der Waals surface area contributed by atoms with Gasteiger partial charge in [-0.2, -0.15) is 0 Å². The fraction of sp³-hybridized carbons (Fsp3) is 0.375. The van der Waals surface area contributed by atoms with Crippen molar-refractivity contribution in [2.75, 3.05) is 7.11 Å². The fourth-order valence-corrected chi connectivity index (χ4v) is 4.01. The van der Waals surface area contributed by atoms with E-state index in [1.807, 2.05) is 6.07 Å². The van der Waals surface area contributed by atoms with Gasteiger partial charge in [0.2, 0.25) is 0 Å². The van der Waals surface area contributed by atoms with Crippen molar-refractivity contribution in [2.45, 2.75) is 31.2 Å². The van der Waals surface area contributed by atoms with Gasteiger partial charge in [0.25, 0.3) is 0 Å². The minimum absolute atomic E-state index is 0.163. The molecule has 1 heterocycles. The van der Waals surface area contributed by atoms with Crippen LogP contribution in [0.5, 0.6) is 5.75 Å². The van der Waals surface area contributed by atoms with Gasteiger partial charge in [-0.05, 0) is 54.0 Å². The maximum Gasteiger partial charge on any atom is 0.165 e. The number of benzene rings is 1. The molecule has 4 heteroatoms. The van der Waals surface area contributed by atoms with Crippen LogP contribution in [0, 0.1) is 5.82 Å². The Hall–Kier alpha value is -1.39. The zero-order valence-corrected chi connectivity index (χ0v) is 12.3. The quantitative estimate of drug-likeness (QED) is 0.927. The molecule has 0 amide bonds. The summed E-state index contributed by atoms with van der Waals surface area (Å²) in [5, 5.41) is 2.13. The molecule has 2 aromatic rings. The van der Waals surface area contributed by atoms with E-state index in [1.165, 1.54) is 23.6 Å². The largest absolute Gasteiger partial charge is 0.494 e. The zero-order valence-electron chi connectivity index (χ0n) is 11.4. The Bertz CT molecular complexity index is 610. The molecular formula is C16H18FNOS. The summed E-state index contributed by atoms with van der Waals surface area (Å²) in [4.78, 5) is 1.44. The van der Waals surface area contributed by atoms with Crippen molar-refractivity contribution in [3.05, 3.63) is 51.5 Å². The molecule has 0 saturated carbocycles. The summed E-state index contributed by atoms with van der Waals surface area (Å²) < 4.78 is 18.8. The van der Waals surface area contributed by atoms with Crippen LogP contribution in [-0.2, 0) is 6.42 Å². The molecule has 20 heavy (non-hydrogen) atoms. The van der Waals surface area contributed by atoms with Crippen molar-refractivity contribution >= 4 is 11.3 Å². The molecule has 0 spiro atoms. The summed E-state index contributed by atoms with van der Waals surface area (Å²) in [6, 6.07) is 7.03. The first-order valence-electron chi connectivity index (χ1n) is 6.86. The molecule has 0 aliphatic heterocycles. The molecule has 0 bridgehead atoms. The minimum Gasteiger partial charge on any atom is -0.494 e. The number of ether oxygens (including phenoxy) is 1. The van der Waals surface area contributed by atoms with Crippen LogP contribution in [0.15, 0.2) is 29.6 Å². The SMILES string of the molecule is COc1ccc(C(N)C2CCCc3sccc32)cc1F. The molecular weight excluding hydrogens is 273 g/mol. The summed E-state index contributed by atoms with van der Waals surface area (Å²) in [5.41, 5.74) is 8.59. The standard InChI is InChI=1S/C16H18FNOS/c1-19-14-6-5-10(9-13(14)17)16(18)12-3-2-4-15-11(12)7-8-20-15/h5-9,12,16H,2-4,18H2,1H3. The van der Waals surface area contributed by atoms with Crippen LogP contribution in [0.25, 0.3) is 0 Å². The van der Waals surface area contributed by atoms with Crippen LogP contribution in [-0.4, -0.2) is 7.11 Å². The number of hydrogen-bond acceptors (Lipinski definition) is 3. The Morgan fingerprint density at radius 3 is 3.00 bits per heavy atom. The van der Waals surface area contributed by atoms with Crippen molar-refractivity contribution in [2.24, 2.45) is 5.73 Å². The lowest BCUT2D eigenvalue weighted by molar-refractivity contribution is 0.385. The van der Waals surface area contributed by atoms with E-state index in [0.29, 0.717) is 0 Å². The molecule has 0 radical (unpaired) electrons. The lowest BCUT2D eigenvalue weighted by Crippen LogP contribution is -2.22. The van der Waals surface area contributed by atoms with Crippen LogP contribution < -0.4 is 10.5 Å². The molecule has 2 unspecified atom stereocenters. The van der Waals surface area contributed by atoms with Gasteiger partial charge in [-0.25, -0.2) is 4.39 Å². The van der Waals surface area contributed by atoms with Crippen LogP contribution in [0.2, 0.25) is 0 Å². The molecule has 106 valence electrons. The van der Waals surface area contributed by atoms with E-state index < -0.39 is 0 Å². The van der Waals surface area contributed by atoms with Crippen molar-refractivity contribution < 1.29 is 9.13 Å². The van der Waals surface area contributed by atoms with E-state index in [-0.39, 0.29) is 23.5 Å². The lowest BCUT2D eigenvalue weighted by Gasteiger charge is -2.28. The Kier molecular flexibility index (Phi) is 3.76. The summed E-state index contributed by atoms with van der Waals surface area (Å²) >= 11 is 1.80. The molecule has 2 N–H and O–H groups in total. The third-order valence-electron chi connectivity index (χ3n) is 4.09. The highest BCUT2D eigenvalue weighted by atomic mass is 32.1. The van der Waals surface area contributed by atoms with Gasteiger partial charge in [-0.3, -0.25) is 0 Å². The highest BCUT2D eigenvalue weighted by Gasteiger charge is 2.27. The molecule has 2 atom stereocenters. The Labute approximate surface area is 122 Å². The minimum atomic E-state index is -0.346. The first-order chi connectivity index (χ1) is 9.70. The van der Waals surface area contributed by atoms with E-state index >= 15 is 0 Å². The van der Waals surface area contributed by atoms with Crippen LogP contribution in [0.1, 0.15) is 40.8 Å². The summed E-state index contributed by atoms with van der Waals surface area (Å²) in [6.45, 7) is 0. The Morgan fingerprint density at radius 2 is 2.25 bits per heavy atom. The maximum atomic E-state index is 13.8. The molecule has 0 saturated heterocycles. The molecule has 3 rings (SSSR count). The van der Waals surface area contributed by atoms with E-state index in [0.717, 1.165) is 24.8 Å². The number of fused-ring (bicyclic) bond motifs is 1. The van der Waals surface area contributed by atoms with E-state index in [4.69, 9.17) is 10.5 Å². The van der Waals surface area contributed by atoms with Crippen LogP contribution in [0.3, 0.4) is 0 Å². The van der Waals surface area contributed by atoms with Crippen molar-refractivity contribution in [1.82, 2.24) is 0 Å². The van der Waals surface area contributed by atoms with Crippen molar-refractivity contribution in [3.63, 3.8) is 0 Å². The number of rotatable bonds is 3. The van der Waals surface area contributed by atoms with E-state index in [1.54, 1.807) is 17.4 Å². The highest BCUT2D eigenvalue weighted by molar-refractivity contribution is 7.10. The van der Waals surface area contributed by atoms with Gasteiger partial charge < -0.3 is 10.5 Å². The van der Waals surface area contributed by atoms with Gasteiger partial charge in [-0.15, -0.1) is 11.3 Å². The van der Waals surface area contributed by atoms with Crippen LogP contribution >= 0.6 is 11.3 Å². The second kappa shape index (κ2) is 5.54. The third kappa shape index (κ3) is 2.34. The normalized spacial score (nSPS) is 19.4. The average Bonchev–Trinajstić information content (AvgIpc) is 2.94. The second-order valence-corrected chi connectivity index (χ2v) is 6.22. The number of aryl methyl sites for hydroxylation is 1. The van der Waals surface area contributed by atoms with Gasteiger partial charge in [0.1, 0.15) is 0 Å². The number of halogens is 1. The topological polar surface area (TPSA) is 35.2 Å². The molecule has 1 aromatic heterocycles. The molecule has 0 fully saturated rings. The lowest BCUT2D eigenvalue weighted by atomic mass is 9.80.